The molecule has 1 saturated heterocycles. The van der Waals surface area contributed by atoms with Crippen LogP contribution in [0, 0.1) is 0 Å². The highest BCUT2D eigenvalue weighted by molar-refractivity contribution is 7.12. The third kappa shape index (κ3) is 4.44. The van der Waals surface area contributed by atoms with Crippen LogP contribution < -0.4 is 15.6 Å². The second-order valence-electron chi connectivity index (χ2n) is 10.1. The number of amides is 1. The lowest BCUT2D eigenvalue weighted by atomic mass is 10.2. The molecule has 3 aromatic heterocycles. The monoisotopic (exact) mass is 519 g/mol. The Balaban J connectivity index is 1.14. The normalized spacial score (nSPS) is 21.3. The van der Waals surface area contributed by atoms with Crippen LogP contribution in [0.25, 0.3) is 5.69 Å². The number of anilines is 2. The molecule has 2 saturated carbocycles. The summed E-state index contributed by atoms with van der Waals surface area (Å²) in [7, 11) is 1.75. The van der Waals surface area contributed by atoms with Crippen molar-refractivity contribution >= 4 is 34.6 Å². The number of ether oxygens (including phenoxy) is 1. The summed E-state index contributed by atoms with van der Waals surface area (Å²) >= 11 is 1.48. The maximum atomic E-state index is 13.2. The topological polar surface area (TPSA) is 113 Å². The smallest absolute Gasteiger partial charge is 0.275 e. The maximum absolute atomic E-state index is 13.2. The summed E-state index contributed by atoms with van der Waals surface area (Å²) in [6.07, 6.45) is 11.6. The zero-order valence-corrected chi connectivity index (χ0v) is 21.4. The fourth-order valence-electron chi connectivity index (χ4n) is 5.01. The van der Waals surface area contributed by atoms with Gasteiger partial charge in [-0.1, -0.05) is 0 Å². The third-order valence-electron chi connectivity index (χ3n) is 7.41. The quantitative estimate of drug-likeness (QED) is 0.467. The Kier molecular flexibility index (Phi) is 5.58. The Labute approximate surface area is 218 Å². The number of pyridine rings is 1. The van der Waals surface area contributed by atoms with Gasteiger partial charge in [-0.2, -0.15) is 5.10 Å². The molecule has 192 valence electrons. The molecule has 3 aromatic rings. The van der Waals surface area contributed by atoms with Crippen LogP contribution in [0.3, 0.4) is 0 Å². The number of hydrazone groups is 1. The largest absolute Gasteiger partial charge is 0.380 e. The molecule has 4 aliphatic rings. The van der Waals surface area contributed by atoms with Gasteiger partial charge in [-0.3, -0.25) is 10.2 Å². The van der Waals surface area contributed by atoms with Crippen LogP contribution in [-0.2, 0) is 4.74 Å². The van der Waals surface area contributed by atoms with Crippen molar-refractivity contribution in [3.05, 3.63) is 46.6 Å². The average Bonchev–Trinajstić information content (AvgIpc) is 3.68. The molecule has 3 fully saturated rings. The Morgan fingerprint density at radius 2 is 2.08 bits per heavy atom. The summed E-state index contributed by atoms with van der Waals surface area (Å²) < 4.78 is 7.59. The van der Waals surface area contributed by atoms with Crippen molar-refractivity contribution in [1.82, 2.24) is 29.8 Å². The summed E-state index contributed by atoms with van der Waals surface area (Å²) in [4.78, 5) is 31.6. The van der Waals surface area contributed by atoms with Crippen LogP contribution in [0.15, 0.2) is 35.3 Å². The number of amidine groups is 1. The SMILES string of the molecule is COC1CCN(c2cnc(C(=O)Nc3csc(C4=NNCN4C4CC4)n3)cc2-n2cnc(C3CC3)c2)C1. The number of carbonyl (C=O) groups is 1. The Morgan fingerprint density at radius 1 is 1.19 bits per heavy atom. The van der Waals surface area contributed by atoms with Gasteiger partial charge in [-0.15, -0.1) is 11.3 Å². The van der Waals surface area contributed by atoms with Gasteiger partial charge >= 0.3 is 0 Å². The lowest BCUT2D eigenvalue weighted by Crippen LogP contribution is -2.32. The summed E-state index contributed by atoms with van der Waals surface area (Å²) in [6, 6.07) is 2.38. The fraction of sp³-hybridized carbons (Fsp3) is 0.480. The molecule has 12 heteroatoms. The number of hydrogen-bond acceptors (Lipinski definition) is 10. The predicted octanol–water partition coefficient (Wildman–Crippen LogP) is 2.77. The lowest BCUT2D eigenvalue weighted by molar-refractivity contribution is 0.102. The molecule has 1 atom stereocenters. The van der Waals surface area contributed by atoms with Crippen LogP contribution in [0.1, 0.15) is 59.2 Å². The maximum Gasteiger partial charge on any atom is 0.275 e. The number of aromatic nitrogens is 4. The minimum Gasteiger partial charge on any atom is -0.380 e. The van der Waals surface area contributed by atoms with E-state index in [1.54, 1.807) is 13.3 Å². The Bertz CT molecular complexity index is 1360. The van der Waals surface area contributed by atoms with E-state index in [0.717, 1.165) is 47.4 Å². The third-order valence-corrected chi connectivity index (χ3v) is 8.25. The second-order valence-corrected chi connectivity index (χ2v) is 10.9. The van der Waals surface area contributed by atoms with E-state index in [1.807, 2.05) is 22.3 Å². The first-order valence-corrected chi connectivity index (χ1v) is 13.7. The van der Waals surface area contributed by atoms with Crippen molar-refractivity contribution in [3.63, 3.8) is 0 Å². The molecule has 1 amide bonds. The highest BCUT2D eigenvalue weighted by Crippen LogP contribution is 2.39. The molecule has 2 aliphatic carbocycles. The van der Waals surface area contributed by atoms with E-state index in [4.69, 9.17) is 4.74 Å². The van der Waals surface area contributed by atoms with Gasteiger partial charge in [0.05, 0.1) is 35.7 Å². The van der Waals surface area contributed by atoms with Crippen molar-refractivity contribution in [2.24, 2.45) is 5.10 Å². The number of rotatable bonds is 8. The first-order chi connectivity index (χ1) is 18.2. The van der Waals surface area contributed by atoms with Crippen molar-refractivity contribution < 1.29 is 9.53 Å². The highest BCUT2D eigenvalue weighted by atomic mass is 32.1. The van der Waals surface area contributed by atoms with Crippen LogP contribution in [0.5, 0.6) is 0 Å². The minimum atomic E-state index is -0.297. The molecule has 11 nitrogen and oxygen atoms in total. The number of carbonyl (C=O) groups excluding carboxylic acids is 1. The zero-order chi connectivity index (χ0) is 24.9. The second kappa shape index (κ2) is 9.10. The molecule has 0 spiro atoms. The van der Waals surface area contributed by atoms with Gasteiger partial charge in [-0.05, 0) is 38.2 Å². The van der Waals surface area contributed by atoms with Crippen molar-refractivity contribution in [1.29, 1.82) is 0 Å². The highest BCUT2D eigenvalue weighted by Gasteiger charge is 2.35. The summed E-state index contributed by atoms with van der Waals surface area (Å²) in [5.41, 5.74) is 6.34. The molecule has 0 bridgehead atoms. The van der Waals surface area contributed by atoms with Crippen LogP contribution in [0.2, 0.25) is 0 Å². The van der Waals surface area contributed by atoms with Crippen molar-refractivity contribution in [3.8, 4) is 5.69 Å². The van der Waals surface area contributed by atoms with E-state index >= 15 is 0 Å². The summed E-state index contributed by atoms with van der Waals surface area (Å²) in [5, 5.41) is 9.98. The summed E-state index contributed by atoms with van der Waals surface area (Å²) in [6.45, 7) is 2.37. The molecule has 2 aliphatic heterocycles. The van der Waals surface area contributed by atoms with Gasteiger partial charge in [0.15, 0.2) is 10.8 Å². The molecule has 0 aromatic carbocycles. The van der Waals surface area contributed by atoms with Crippen LogP contribution >= 0.6 is 11.3 Å². The molecule has 5 heterocycles. The van der Waals surface area contributed by atoms with Crippen molar-refractivity contribution in [2.45, 2.75) is 50.2 Å². The molecule has 7 rings (SSSR count). The van der Waals surface area contributed by atoms with Crippen LogP contribution in [0.4, 0.5) is 11.5 Å². The van der Waals surface area contributed by atoms with Gasteiger partial charge in [0, 0.05) is 43.7 Å². The van der Waals surface area contributed by atoms with E-state index in [2.05, 4.69) is 46.8 Å². The minimum absolute atomic E-state index is 0.190. The first kappa shape index (κ1) is 22.7. The number of hydrogen-bond donors (Lipinski definition) is 2. The van der Waals surface area contributed by atoms with E-state index in [1.165, 1.54) is 37.0 Å². The van der Waals surface area contributed by atoms with E-state index in [0.29, 0.717) is 30.1 Å². The first-order valence-electron chi connectivity index (χ1n) is 12.8. The number of nitrogens with zero attached hydrogens (tertiary/aromatic N) is 7. The van der Waals surface area contributed by atoms with E-state index in [-0.39, 0.29) is 12.0 Å². The summed E-state index contributed by atoms with van der Waals surface area (Å²) in [5.74, 6) is 1.61. The average molecular weight is 520 g/mol. The van der Waals surface area contributed by atoms with Gasteiger partial charge in [0.1, 0.15) is 18.2 Å². The number of methoxy groups -OCH3 is 1. The lowest BCUT2D eigenvalue weighted by Gasteiger charge is -2.22. The van der Waals surface area contributed by atoms with Gasteiger partial charge in [0.2, 0.25) is 0 Å². The standard InChI is InChI=1S/C25H29N9O2S/c1-36-17-6-7-32(10-17)21-9-26-18(8-20(21)33-11-19(27-13-33)15-2-3-15)24(35)29-22-12-37-25(30-22)23-31-28-14-34(23)16-4-5-16/h8-9,11-13,15-17,28H,2-7,10,14H2,1H3,(H,29,35). The molecule has 1 unspecified atom stereocenters. The molecular weight excluding hydrogens is 490 g/mol. The van der Waals surface area contributed by atoms with E-state index < -0.39 is 0 Å². The van der Waals surface area contributed by atoms with Crippen molar-refractivity contribution in [2.75, 3.05) is 37.1 Å². The molecule has 0 radical (unpaired) electrons. The van der Waals surface area contributed by atoms with Gasteiger partial charge in [-0.25, -0.2) is 15.0 Å². The number of thiazole rings is 1. The van der Waals surface area contributed by atoms with Gasteiger partial charge in [0.25, 0.3) is 5.91 Å². The fourth-order valence-corrected chi connectivity index (χ4v) is 5.76. The number of imidazole rings is 1. The molecule has 37 heavy (non-hydrogen) atoms. The predicted molar refractivity (Wildman–Crippen MR) is 140 cm³/mol. The number of nitrogens with one attached hydrogen (secondary N) is 2. The van der Waals surface area contributed by atoms with Crippen LogP contribution in [-0.4, -0.2) is 75.2 Å². The molecular formula is C25H29N9O2S. The molecule has 2 N–H and O–H groups in total. The van der Waals surface area contributed by atoms with Gasteiger partial charge < -0.3 is 24.4 Å². The Hall–Kier alpha value is -3.51. The van der Waals surface area contributed by atoms with E-state index in [9.17, 15) is 4.79 Å². The zero-order valence-electron chi connectivity index (χ0n) is 20.6. The Morgan fingerprint density at radius 3 is 2.86 bits per heavy atom.